The maximum Gasteiger partial charge on any atom is 0.0555 e. The molecular formula is C13H19ClN2. The molecule has 1 aliphatic heterocycles. The van der Waals surface area contributed by atoms with Crippen molar-refractivity contribution in [2.45, 2.75) is 18.9 Å². The van der Waals surface area contributed by atoms with Crippen molar-refractivity contribution in [3.8, 4) is 0 Å². The Kier molecular flexibility index (Phi) is 3.53. The molecule has 3 heteroatoms. The van der Waals surface area contributed by atoms with Gasteiger partial charge in [-0.25, -0.2) is 0 Å². The minimum absolute atomic E-state index is 0.0431. The smallest absolute Gasteiger partial charge is 0.0555 e. The highest BCUT2D eigenvalue weighted by molar-refractivity contribution is 6.30. The predicted molar refractivity (Wildman–Crippen MR) is 68.9 cm³/mol. The average molecular weight is 239 g/mol. The summed E-state index contributed by atoms with van der Waals surface area (Å²) >= 11 is 6.08. The van der Waals surface area contributed by atoms with Gasteiger partial charge in [-0.1, -0.05) is 23.7 Å². The van der Waals surface area contributed by atoms with Gasteiger partial charge < -0.3 is 5.32 Å². The molecule has 1 aromatic carbocycles. The lowest BCUT2D eigenvalue weighted by Gasteiger charge is -2.38. The van der Waals surface area contributed by atoms with Gasteiger partial charge in [0.1, 0.15) is 0 Å². The molecule has 0 aromatic heterocycles. The van der Waals surface area contributed by atoms with Gasteiger partial charge >= 0.3 is 0 Å². The largest absolute Gasteiger partial charge is 0.315 e. The minimum atomic E-state index is 0.0431. The summed E-state index contributed by atoms with van der Waals surface area (Å²) in [6.45, 7) is 5.47. The van der Waals surface area contributed by atoms with Crippen LogP contribution in [-0.4, -0.2) is 31.6 Å². The summed E-state index contributed by atoms with van der Waals surface area (Å²) < 4.78 is 0. The molecule has 1 unspecified atom stereocenters. The molecule has 0 spiro atoms. The van der Waals surface area contributed by atoms with Crippen LogP contribution in [0.1, 0.15) is 18.9 Å². The summed E-state index contributed by atoms with van der Waals surface area (Å²) in [5.41, 5.74) is 1.33. The van der Waals surface area contributed by atoms with Crippen LogP contribution >= 0.6 is 11.6 Å². The molecule has 2 rings (SSSR count). The topological polar surface area (TPSA) is 15.3 Å². The van der Waals surface area contributed by atoms with Crippen LogP contribution in [0.15, 0.2) is 24.3 Å². The number of hydrogen-bond acceptors (Lipinski definition) is 2. The van der Waals surface area contributed by atoms with E-state index in [9.17, 15) is 0 Å². The number of halogens is 1. The Hall–Kier alpha value is -0.570. The lowest BCUT2D eigenvalue weighted by atomic mass is 9.90. The first kappa shape index (κ1) is 11.9. The van der Waals surface area contributed by atoms with Crippen molar-refractivity contribution in [1.82, 2.24) is 10.2 Å². The SMILES string of the molecule is CN1CCCNCC1(C)c1cccc(Cl)c1. The average Bonchev–Trinajstić information content (AvgIpc) is 2.43. The molecule has 88 valence electrons. The van der Waals surface area contributed by atoms with Gasteiger partial charge in [-0.05, 0) is 51.2 Å². The van der Waals surface area contributed by atoms with Crippen LogP contribution in [0.4, 0.5) is 0 Å². The Balaban J connectivity index is 2.34. The second-order valence-corrected chi connectivity index (χ2v) is 5.17. The molecule has 16 heavy (non-hydrogen) atoms. The van der Waals surface area contributed by atoms with Gasteiger partial charge in [-0.2, -0.15) is 0 Å². The highest BCUT2D eigenvalue weighted by Gasteiger charge is 2.32. The van der Waals surface area contributed by atoms with Gasteiger partial charge in [0.15, 0.2) is 0 Å². The number of nitrogens with zero attached hydrogens (tertiary/aromatic N) is 1. The molecule has 0 saturated carbocycles. The minimum Gasteiger partial charge on any atom is -0.315 e. The summed E-state index contributed by atoms with van der Waals surface area (Å²) in [6.07, 6.45) is 1.20. The van der Waals surface area contributed by atoms with E-state index in [0.717, 1.165) is 24.7 Å². The van der Waals surface area contributed by atoms with E-state index in [4.69, 9.17) is 11.6 Å². The fourth-order valence-electron chi connectivity index (χ4n) is 2.30. The summed E-state index contributed by atoms with van der Waals surface area (Å²) in [7, 11) is 2.19. The molecule has 0 amide bonds. The maximum absolute atomic E-state index is 6.08. The van der Waals surface area contributed by atoms with Crippen LogP contribution < -0.4 is 5.32 Å². The zero-order chi connectivity index (χ0) is 11.6. The first-order valence-electron chi connectivity index (χ1n) is 5.81. The van der Waals surface area contributed by atoms with Crippen LogP contribution in [0, 0.1) is 0 Å². The van der Waals surface area contributed by atoms with Gasteiger partial charge in [-0.3, -0.25) is 4.90 Å². The fraction of sp³-hybridized carbons (Fsp3) is 0.538. The monoisotopic (exact) mass is 238 g/mol. The van der Waals surface area contributed by atoms with Crippen molar-refractivity contribution in [2.24, 2.45) is 0 Å². The van der Waals surface area contributed by atoms with Crippen molar-refractivity contribution in [2.75, 3.05) is 26.7 Å². The number of hydrogen-bond donors (Lipinski definition) is 1. The van der Waals surface area contributed by atoms with Gasteiger partial charge in [0.25, 0.3) is 0 Å². The summed E-state index contributed by atoms with van der Waals surface area (Å²) in [5, 5.41) is 4.32. The van der Waals surface area contributed by atoms with Gasteiger partial charge in [-0.15, -0.1) is 0 Å². The molecular weight excluding hydrogens is 220 g/mol. The molecule has 1 aromatic rings. The molecule has 2 nitrogen and oxygen atoms in total. The van der Waals surface area contributed by atoms with E-state index in [1.54, 1.807) is 0 Å². The summed E-state index contributed by atoms with van der Waals surface area (Å²) in [6, 6.07) is 8.20. The zero-order valence-electron chi connectivity index (χ0n) is 9.96. The van der Waals surface area contributed by atoms with E-state index < -0.39 is 0 Å². The highest BCUT2D eigenvalue weighted by atomic mass is 35.5. The van der Waals surface area contributed by atoms with E-state index >= 15 is 0 Å². The lowest BCUT2D eigenvalue weighted by molar-refractivity contribution is 0.151. The Morgan fingerprint density at radius 3 is 3.00 bits per heavy atom. The second-order valence-electron chi connectivity index (χ2n) is 4.74. The third-order valence-electron chi connectivity index (χ3n) is 3.61. The number of benzene rings is 1. The van der Waals surface area contributed by atoms with Gasteiger partial charge in [0.05, 0.1) is 5.54 Å². The second kappa shape index (κ2) is 4.74. The van der Waals surface area contributed by atoms with Crippen molar-refractivity contribution in [3.05, 3.63) is 34.9 Å². The molecule has 1 saturated heterocycles. The van der Waals surface area contributed by atoms with E-state index in [0.29, 0.717) is 0 Å². The van der Waals surface area contributed by atoms with Crippen molar-refractivity contribution in [3.63, 3.8) is 0 Å². The van der Waals surface area contributed by atoms with Crippen LogP contribution in [0.25, 0.3) is 0 Å². The van der Waals surface area contributed by atoms with Crippen LogP contribution in [0.2, 0.25) is 5.02 Å². The van der Waals surface area contributed by atoms with Crippen molar-refractivity contribution >= 4 is 11.6 Å². The third-order valence-corrected chi connectivity index (χ3v) is 3.84. The summed E-state index contributed by atoms with van der Waals surface area (Å²) in [5.74, 6) is 0. The maximum atomic E-state index is 6.08. The number of nitrogens with one attached hydrogen (secondary N) is 1. The molecule has 1 N–H and O–H groups in total. The molecule has 0 aliphatic carbocycles. The molecule has 0 radical (unpaired) electrons. The Labute approximate surface area is 103 Å². The third kappa shape index (κ3) is 2.24. The standard InChI is InChI=1S/C13H19ClN2/c1-13(10-15-7-4-8-16(13)2)11-5-3-6-12(14)9-11/h3,5-6,9,15H,4,7-8,10H2,1-2H3. The highest BCUT2D eigenvalue weighted by Crippen LogP contribution is 2.29. The number of likely N-dealkylation sites (N-methyl/N-ethyl adjacent to an activating group) is 1. The Bertz CT molecular complexity index is 367. The Morgan fingerprint density at radius 1 is 1.44 bits per heavy atom. The molecule has 1 aliphatic rings. The summed E-state index contributed by atoms with van der Waals surface area (Å²) in [4.78, 5) is 2.42. The van der Waals surface area contributed by atoms with Crippen LogP contribution in [0.3, 0.4) is 0 Å². The van der Waals surface area contributed by atoms with Crippen molar-refractivity contribution in [1.29, 1.82) is 0 Å². The zero-order valence-corrected chi connectivity index (χ0v) is 10.7. The van der Waals surface area contributed by atoms with E-state index in [1.807, 2.05) is 12.1 Å². The molecule has 1 fully saturated rings. The van der Waals surface area contributed by atoms with Crippen LogP contribution in [0.5, 0.6) is 0 Å². The van der Waals surface area contributed by atoms with E-state index in [2.05, 4.69) is 36.3 Å². The first-order valence-corrected chi connectivity index (χ1v) is 6.19. The van der Waals surface area contributed by atoms with E-state index in [-0.39, 0.29) is 5.54 Å². The van der Waals surface area contributed by atoms with Gasteiger partial charge in [0, 0.05) is 11.6 Å². The van der Waals surface area contributed by atoms with Crippen molar-refractivity contribution < 1.29 is 0 Å². The Morgan fingerprint density at radius 2 is 2.25 bits per heavy atom. The predicted octanol–water partition coefficient (Wildman–Crippen LogP) is 2.48. The first-order chi connectivity index (χ1) is 7.63. The quantitative estimate of drug-likeness (QED) is 0.809. The lowest BCUT2D eigenvalue weighted by Crippen LogP contribution is -2.46. The normalized spacial score (nSPS) is 27.7. The van der Waals surface area contributed by atoms with E-state index in [1.165, 1.54) is 12.0 Å². The molecule has 1 heterocycles. The van der Waals surface area contributed by atoms with Crippen LogP contribution in [-0.2, 0) is 5.54 Å². The fourth-order valence-corrected chi connectivity index (χ4v) is 2.49. The molecule has 1 atom stereocenters. The number of rotatable bonds is 1. The molecule has 0 bridgehead atoms. The van der Waals surface area contributed by atoms with Gasteiger partial charge in [0.2, 0.25) is 0 Å².